The van der Waals surface area contributed by atoms with Crippen molar-refractivity contribution < 1.29 is 19.4 Å². The van der Waals surface area contributed by atoms with Gasteiger partial charge in [-0.2, -0.15) is 5.10 Å². The van der Waals surface area contributed by atoms with E-state index in [1.807, 2.05) is 43.3 Å². The molecule has 3 aromatic carbocycles. The van der Waals surface area contributed by atoms with Crippen molar-refractivity contribution in [1.82, 2.24) is 0 Å². The van der Waals surface area contributed by atoms with Crippen molar-refractivity contribution >= 4 is 52.4 Å². The molecule has 4 rings (SSSR count). The van der Waals surface area contributed by atoms with Crippen molar-refractivity contribution in [2.24, 2.45) is 10.2 Å². The van der Waals surface area contributed by atoms with Gasteiger partial charge in [0.15, 0.2) is 5.17 Å². The van der Waals surface area contributed by atoms with Crippen LogP contribution in [0.25, 0.3) is 6.08 Å². The minimum atomic E-state index is -0.676. The van der Waals surface area contributed by atoms with E-state index in [0.717, 1.165) is 5.56 Å². The molecule has 1 aliphatic heterocycles. The van der Waals surface area contributed by atoms with Gasteiger partial charge < -0.3 is 15.2 Å². The van der Waals surface area contributed by atoms with Crippen LogP contribution >= 0.6 is 11.8 Å². The van der Waals surface area contributed by atoms with E-state index in [1.165, 1.54) is 35.0 Å². The first kappa shape index (κ1) is 25.7. The topological polar surface area (TPSA) is 104 Å². The summed E-state index contributed by atoms with van der Waals surface area (Å²) in [4.78, 5) is 27.4. The zero-order valence-corrected chi connectivity index (χ0v) is 21.0. The molecule has 1 unspecified atom stereocenters. The van der Waals surface area contributed by atoms with E-state index in [4.69, 9.17) is 4.74 Å². The normalized spacial score (nSPS) is 16.7. The van der Waals surface area contributed by atoms with Crippen molar-refractivity contribution in [3.63, 3.8) is 0 Å². The number of aromatic hydroxyl groups is 1. The third-order valence-electron chi connectivity index (χ3n) is 5.25. The fourth-order valence-electron chi connectivity index (χ4n) is 3.53. The highest BCUT2D eigenvalue weighted by molar-refractivity contribution is 8.16. The second kappa shape index (κ2) is 12.5. The summed E-state index contributed by atoms with van der Waals surface area (Å²) in [5, 5.41) is 20.5. The van der Waals surface area contributed by atoms with Gasteiger partial charge in [0.2, 0.25) is 11.8 Å². The summed E-state index contributed by atoms with van der Waals surface area (Å²) in [5.74, 6) is 0.214. The number of carbonyl (C=O) groups is 2. The molecule has 1 saturated heterocycles. The molecular weight excluding hydrogens is 488 g/mol. The molecule has 2 N–H and O–H groups in total. The molecule has 0 spiro atoms. The fraction of sp³-hybridized carbons (Fsp3) is 0.143. The van der Waals surface area contributed by atoms with E-state index >= 15 is 0 Å². The molecule has 2 amide bonds. The molecule has 3 aromatic rings. The number of carbonyl (C=O) groups excluding carboxylic acids is 2. The maximum absolute atomic E-state index is 13.3. The van der Waals surface area contributed by atoms with Gasteiger partial charge in [0.25, 0.3) is 0 Å². The summed E-state index contributed by atoms with van der Waals surface area (Å²) >= 11 is 1.17. The summed E-state index contributed by atoms with van der Waals surface area (Å²) in [6.45, 7) is 2.46. The largest absolute Gasteiger partial charge is 0.508 e. The molecule has 0 aliphatic carbocycles. The molecule has 1 heterocycles. The highest BCUT2D eigenvalue weighted by Gasteiger charge is 2.40. The lowest BCUT2D eigenvalue weighted by atomic mass is 10.2. The third kappa shape index (κ3) is 7.08. The quantitative estimate of drug-likeness (QED) is 0.297. The lowest BCUT2D eigenvalue weighted by Gasteiger charge is -2.15. The number of phenols is 1. The maximum atomic E-state index is 13.3. The molecule has 0 aromatic heterocycles. The van der Waals surface area contributed by atoms with Gasteiger partial charge in [-0.1, -0.05) is 48.2 Å². The van der Waals surface area contributed by atoms with Gasteiger partial charge >= 0.3 is 0 Å². The van der Waals surface area contributed by atoms with Crippen LogP contribution in [0.2, 0.25) is 0 Å². The van der Waals surface area contributed by atoms with Crippen LogP contribution in [0, 0.1) is 0 Å². The predicted octanol–water partition coefficient (Wildman–Crippen LogP) is 5.32. The lowest BCUT2D eigenvalue weighted by molar-refractivity contribution is -0.121. The second-order valence-electron chi connectivity index (χ2n) is 7.92. The van der Waals surface area contributed by atoms with Crippen LogP contribution in [0.1, 0.15) is 18.9 Å². The molecule has 37 heavy (non-hydrogen) atoms. The average Bonchev–Trinajstić information content (AvgIpc) is 3.20. The van der Waals surface area contributed by atoms with Gasteiger partial charge in [-0.3, -0.25) is 14.5 Å². The minimum Gasteiger partial charge on any atom is -0.508 e. The van der Waals surface area contributed by atoms with Crippen molar-refractivity contribution in [3.8, 4) is 11.5 Å². The Balaban J connectivity index is 1.47. The second-order valence-corrected chi connectivity index (χ2v) is 9.09. The SMILES string of the molecule is CCOc1ccc(NC(=O)CC2SC(=NN=CC=Cc3ccccc3)N(c3ccc(O)cc3)C2=O)cc1. The first-order valence-corrected chi connectivity index (χ1v) is 12.6. The lowest BCUT2D eigenvalue weighted by Crippen LogP contribution is -2.33. The number of amidine groups is 1. The Morgan fingerprint density at radius 2 is 1.81 bits per heavy atom. The van der Waals surface area contributed by atoms with Crippen LogP contribution in [0.5, 0.6) is 11.5 Å². The van der Waals surface area contributed by atoms with E-state index in [9.17, 15) is 14.7 Å². The van der Waals surface area contributed by atoms with Crippen LogP contribution in [-0.4, -0.2) is 40.2 Å². The molecule has 0 radical (unpaired) electrons. The Labute approximate surface area is 219 Å². The number of rotatable bonds is 9. The van der Waals surface area contributed by atoms with Crippen molar-refractivity contribution in [1.29, 1.82) is 0 Å². The van der Waals surface area contributed by atoms with Gasteiger partial charge in [-0.15, -0.1) is 5.10 Å². The molecule has 8 nitrogen and oxygen atoms in total. The zero-order valence-electron chi connectivity index (χ0n) is 20.2. The summed E-state index contributed by atoms with van der Waals surface area (Å²) in [5.41, 5.74) is 2.16. The molecule has 188 valence electrons. The van der Waals surface area contributed by atoms with Gasteiger partial charge in [0.1, 0.15) is 16.7 Å². The number of anilines is 2. The number of hydrogen-bond donors (Lipinski definition) is 2. The molecule has 0 bridgehead atoms. The number of allylic oxidation sites excluding steroid dienone is 1. The molecule has 0 saturated carbocycles. The highest BCUT2D eigenvalue weighted by Crippen LogP contribution is 2.34. The summed E-state index contributed by atoms with van der Waals surface area (Å²) < 4.78 is 5.42. The number of nitrogens with one attached hydrogen (secondary N) is 1. The van der Waals surface area contributed by atoms with E-state index in [2.05, 4.69) is 15.5 Å². The maximum Gasteiger partial charge on any atom is 0.247 e. The monoisotopic (exact) mass is 514 g/mol. The number of nitrogens with zero attached hydrogens (tertiary/aromatic N) is 3. The van der Waals surface area contributed by atoms with Crippen LogP contribution in [0.4, 0.5) is 11.4 Å². The van der Waals surface area contributed by atoms with Crippen LogP contribution < -0.4 is 15.0 Å². The summed E-state index contributed by atoms with van der Waals surface area (Å²) in [7, 11) is 0. The van der Waals surface area contributed by atoms with E-state index in [0.29, 0.717) is 28.9 Å². The Morgan fingerprint density at radius 3 is 2.51 bits per heavy atom. The zero-order chi connectivity index (χ0) is 26.0. The highest BCUT2D eigenvalue weighted by atomic mass is 32.2. The van der Waals surface area contributed by atoms with E-state index in [-0.39, 0.29) is 24.0 Å². The number of ether oxygens (including phenoxy) is 1. The Hall–Kier alpha value is -4.37. The standard InChI is InChI=1S/C28H26N4O4S/c1-2-36-24-16-10-21(11-17-24)30-26(34)19-25-27(35)32(22-12-14-23(33)15-13-22)28(37-25)31-29-18-6-9-20-7-4-3-5-8-20/h3-18,25,33H,2,19H2,1H3,(H,30,34). The Kier molecular flexibility index (Phi) is 8.72. The van der Waals surface area contributed by atoms with Crippen LogP contribution in [0.15, 0.2) is 95.1 Å². The third-order valence-corrected chi connectivity index (χ3v) is 6.37. The molecule has 1 fully saturated rings. The molecule has 1 aliphatic rings. The van der Waals surface area contributed by atoms with Gasteiger partial charge in [0, 0.05) is 18.3 Å². The van der Waals surface area contributed by atoms with Crippen LogP contribution in [-0.2, 0) is 9.59 Å². The Morgan fingerprint density at radius 1 is 1.08 bits per heavy atom. The number of thioether (sulfide) groups is 1. The fourth-order valence-corrected chi connectivity index (χ4v) is 4.62. The van der Waals surface area contributed by atoms with Crippen molar-refractivity contribution in [2.75, 3.05) is 16.8 Å². The minimum absolute atomic E-state index is 0.0397. The number of hydrogen-bond acceptors (Lipinski definition) is 7. The van der Waals surface area contributed by atoms with Gasteiger partial charge in [-0.05, 0) is 67.1 Å². The van der Waals surface area contributed by atoms with Gasteiger partial charge in [-0.25, -0.2) is 0 Å². The van der Waals surface area contributed by atoms with Crippen LogP contribution in [0.3, 0.4) is 0 Å². The van der Waals surface area contributed by atoms with Crippen molar-refractivity contribution in [2.45, 2.75) is 18.6 Å². The predicted molar refractivity (Wildman–Crippen MR) is 149 cm³/mol. The number of phenolic OH excluding ortho intramolecular Hbond substituents is 1. The molecule has 1 atom stereocenters. The number of amides is 2. The first-order chi connectivity index (χ1) is 18.0. The molecule has 9 heteroatoms. The summed E-state index contributed by atoms with van der Waals surface area (Å²) in [6, 6.07) is 23.0. The number of benzene rings is 3. The summed E-state index contributed by atoms with van der Waals surface area (Å²) in [6.07, 6.45) is 5.14. The van der Waals surface area contributed by atoms with E-state index in [1.54, 1.807) is 42.5 Å². The van der Waals surface area contributed by atoms with Gasteiger partial charge in [0.05, 0.1) is 12.3 Å². The first-order valence-electron chi connectivity index (χ1n) is 11.7. The smallest absolute Gasteiger partial charge is 0.247 e. The molecular formula is C28H26N4O4S. The Bertz CT molecular complexity index is 1310. The van der Waals surface area contributed by atoms with E-state index < -0.39 is 5.25 Å². The van der Waals surface area contributed by atoms with Crippen molar-refractivity contribution in [3.05, 3.63) is 90.5 Å². The average molecular weight is 515 g/mol.